The second-order valence-corrected chi connectivity index (χ2v) is 6.22. The molecule has 0 bridgehead atoms. The van der Waals surface area contributed by atoms with Gasteiger partial charge in [-0.2, -0.15) is 5.26 Å². The molecule has 0 saturated heterocycles. The first kappa shape index (κ1) is 15.6. The first-order valence-electron chi connectivity index (χ1n) is 6.97. The van der Waals surface area contributed by atoms with Crippen molar-refractivity contribution < 1.29 is 0 Å². The summed E-state index contributed by atoms with van der Waals surface area (Å²) in [5, 5.41) is 12.9. The Balaban J connectivity index is 2.21. The molecule has 0 radical (unpaired) electrons. The van der Waals surface area contributed by atoms with Crippen molar-refractivity contribution in [2.24, 2.45) is 0 Å². The first-order chi connectivity index (χ1) is 10.1. The Kier molecular flexibility index (Phi) is 5.06. The molecule has 108 valence electrons. The van der Waals surface area contributed by atoms with Crippen LogP contribution in [-0.2, 0) is 5.54 Å². The molecule has 0 fully saturated rings. The molecule has 1 atom stereocenters. The first-order valence-corrected chi connectivity index (χ1v) is 7.95. The molecular formula is C18H20N2S. The topological polar surface area (TPSA) is 35.8 Å². The Morgan fingerprint density at radius 1 is 1.10 bits per heavy atom. The van der Waals surface area contributed by atoms with E-state index in [1.165, 1.54) is 16.0 Å². The lowest BCUT2D eigenvalue weighted by Gasteiger charge is -2.26. The Hall–Kier alpha value is -1.76. The summed E-state index contributed by atoms with van der Waals surface area (Å²) in [4.78, 5) is 1.20. The van der Waals surface area contributed by atoms with E-state index >= 15 is 0 Å². The molecule has 0 aliphatic heterocycles. The highest BCUT2D eigenvalue weighted by Crippen LogP contribution is 2.30. The average Bonchev–Trinajstić information content (AvgIpc) is 2.53. The van der Waals surface area contributed by atoms with Crippen molar-refractivity contribution in [1.29, 1.82) is 5.26 Å². The monoisotopic (exact) mass is 296 g/mol. The molecule has 1 N–H and O–H groups in total. The molecular weight excluding hydrogens is 276 g/mol. The zero-order valence-corrected chi connectivity index (χ0v) is 13.5. The third-order valence-corrected chi connectivity index (χ3v) is 4.98. The van der Waals surface area contributed by atoms with E-state index in [-0.39, 0.29) is 0 Å². The van der Waals surface area contributed by atoms with Gasteiger partial charge >= 0.3 is 0 Å². The van der Waals surface area contributed by atoms with Crippen molar-refractivity contribution in [2.75, 3.05) is 12.8 Å². The predicted molar refractivity (Wildman–Crippen MR) is 89.4 cm³/mol. The highest BCUT2D eigenvalue weighted by atomic mass is 32.2. The van der Waals surface area contributed by atoms with Crippen LogP contribution >= 0.6 is 11.8 Å². The van der Waals surface area contributed by atoms with Gasteiger partial charge in [0.05, 0.1) is 6.07 Å². The van der Waals surface area contributed by atoms with Crippen LogP contribution < -0.4 is 5.32 Å². The van der Waals surface area contributed by atoms with Crippen LogP contribution in [0.1, 0.15) is 16.7 Å². The van der Waals surface area contributed by atoms with E-state index in [1.54, 1.807) is 11.8 Å². The molecule has 0 heterocycles. The van der Waals surface area contributed by atoms with Crippen LogP contribution in [0, 0.1) is 25.2 Å². The molecule has 0 aromatic heterocycles. The fourth-order valence-electron chi connectivity index (χ4n) is 2.17. The van der Waals surface area contributed by atoms with Gasteiger partial charge in [-0.3, -0.25) is 5.32 Å². The van der Waals surface area contributed by atoms with E-state index in [4.69, 9.17) is 0 Å². The van der Waals surface area contributed by atoms with Crippen molar-refractivity contribution in [3.63, 3.8) is 0 Å². The van der Waals surface area contributed by atoms with E-state index in [0.717, 1.165) is 5.56 Å². The number of hydrogen-bond acceptors (Lipinski definition) is 3. The highest BCUT2D eigenvalue weighted by molar-refractivity contribution is 7.99. The SMILES string of the molecule is CNC(C#N)(CSc1ccc(C)c(C)c1)c1ccccc1. The molecule has 2 nitrogen and oxygen atoms in total. The quantitative estimate of drug-likeness (QED) is 0.846. The Labute approximate surface area is 131 Å². The van der Waals surface area contributed by atoms with Crippen molar-refractivity contribution in [3.8, 4) is 6.07 Å². The van der Waals surface area contributed by atoms with E-state index in [2.05, 4.69) is 43.4 Å². The normalized spacial score (nSPS) is 13.4. The smallest absolute Gasteiger partial charge is 0.141 e. The largest absolute Gasteiger partial charge is 0.298 e. The van der Waals surface area contributed by atoms with Crippen molar-refractivity contribution >= 4 is 11.8 Å². The van der Waals surface area contributed by atoms with Crippen LogP contribution in [0.15, 0.2) is 53.4 Å². The van der Waals surface area contributed by atoms with Crippen molar-refractivity contribution in [1.82, 2.24) is 5.32 Å². The van der Waals surface area contributed by atoms with Crippen molar-refractivity contribution in [3.05, 3.63) is 65.2 Å². The van der Waals surface area contributed by atoms with Gasteiger partial charge in [0, 0.05) is 10.6 Å². The lowest BCUT2D eigenvalue weighted by Crippen LogP contribution is -2.41. The van der Waals surface area contributed by atoms with Gasteiger partial charge in [0.1, 0.15) is 5.54 Å². The predicted octanol–water partition coefficient (Wildman–Crippen LogP) is 4.03. The summed E-state index contributed by atoms with van der Waals surface area (Å²) >= 11 is 1.71. The Morgan fingerprint density at radius 2 is 1.81 bits per heavy atom. The molecule has 0 aliphatic carbocycles. The number of benzene rings is 2. The van der Waals surface area contributed by atoms with Crippen LogP contribution in [0.5, 0.6) is 0 Å². The van der Waals surface area contributed by atoms with Crippen LogP contribution in [0.3, 0.4) is 0 Å². The summed E-state index contributed by atoms with van der Waals surface area (Å²) in [6, 6.07) is 18.8. The highest BCUT2D eigenvalue weighted by Gasteiger charge is 2.30. The van der Waals surface area contributed by atoms with Crippen LogP contribution in [-0.4, -0.2) is 12.8 Å². The van der Waals surface area contributed by atoms with Gasteiger partial charge in [0.25, 0.3) is 0 Å². The molecule has 0 spiro atoms. The Morgan fingerprint density at radius 3 is 2.38 bits per heavy atom. The molecule has 1 unspecified atom stereocenters. The zero-order valence-electron chi connectivity index (χ0n) is 12.7. The fraction of sp³-hybridized carbons (Fsp3) is 0.278. The summed E-state index contributed by atoms with van der Waals surface area (Å²) in [5.74, 6) is 0.673. The molecule has 2 rings (SSSR count). The fourth-order valence-corrected chi connectivity index (χ4v) is 3.35. The maximum Gasteiger partial charge on any atom is 0.141 e. The third-order valence-electron chi connectivity index (χ3n) is 3.82. The summed E-state index contributed by atoms with van der Waals surface area (Å²) in [6.07, 6.45) is 0. The molecule has 2 aromatic rings. The van der Waals surface area contributed by atoms with Gasteiger partial charge in [-0.05, 0) is 49.7 Å². The molecule has 21 heavy (non-hydrogen) atoms. The van der Waals surface area contributed by atoms with E-state index in [9.17, 15) is 5.26 Å². The number of hydrogen-bond donors (Lipinski definition) is 1. The summed E-state index contributed by atoms with van der Waals surface area (Å²) < 4.78 is 0. The van der Waals surface area contributed by atoms with Gasteiger partial charge in [0.15, 0.2) is 0 Å². The minimum atomic E-state index is -0.662. The Bertz CT molecular complexity index is 646. The van der Waals surface area contributed by atoms with Crippen LogP contribution in [0.4, 0.5) is 0 Å². The number of aryl methyl sites for hydroxylation is 2. The lowest BCUT2D eigenvalue weighted by atomic mass is 9.94. The van der Waals surface area contributed by atoms with Gasteiger partial charge < -0.3 is 0 Å². The van der Waals surface area contributed by atoms with Gasteiger partial charge in [-0.25, -0.2) is 0 Å². The summed E-state index contributed by atoms with van der Waals surface area (Å²) in [6.45, 7) is 4.23. The molecule has 3 heteroatoms. The minimum absolute atomic E-state index is 0.662. The molecule has 2 aromatic carbocycles. The standard InChI is InChI=1S/C18H20N2S/c1-14-9-10-17(11-15(14)2)21-13-18(12-19,20-3)16-7-5-4-6-8-16/h4-11,20H,13H2,1-3H3. The summed E-state index contributed by atoms with van der Waals surface area (Å²) in [5.41, 5.74) is 2.92. The van der Waals surface area contributed by atoms with Gasteiger partial charge in [-0.1, -0.05) is 36.4 Å². The van der Waals surface area contributed by atoms with Gasteiger partial charge in [-0.15, -0.1) is 11.8 Å². The average molecular weight is 296 g/mol. The van der Waals surface area contributed by atoms with Crippen molar-refractivity contribution in [2.45, 2.75) is 24.3 Å². The number of thioether (sulfide) groups is 1. The number of rotatable bonds is 5. The van der Waals surface area contributed by atoms with E-state index in [0.29, 0.717) is 5.75 Å². The molecule has 0 amide bonds. The second kappa shape index (κ2) is 6.80. The zero-order chi connectivity index (χ0) is 15.3. The molecule has 0 aliphatic rings. The maximum absolute atomic E-state index is 9.68. The second-order valence-electron chi connectivity index (χ2n) is 5.17. The van der Waals surface area contributed by atoms with Crippen LogP contribution in [0.2, 0.25) is 0 Å². The van der Waals surface area contributed by atoms with Crippen LogP contribution in [0.25, 0.3) is 0 Å². The minimum Gasteiger partial charge on any atom is -0.298 e. The maximum atomic E-state index is 9.68. The lowest BCUT2D eigenvalue weighted by molar-refractivity contribution is 0.528. The number of nitriles is 1. The third kappa shape index (κ3) is 3.47. The molecule has 0 saturated carbocycles. The number of nitrogens with one attached hydrogen (secondary N) is 1. The van der Waals surface area contributed by atoms with E-state index < -0.39 is 5.54 Å². The van der Waals surface area contributed by atoms with E-state index in [1.807, 2.05) is 37.4 Å². The summed E-state index contributed by atoms with van der Waals surface area (Å²) in [7, 11) is 1.84. The number of nitrogens with zero attached hydrogens (tertiary/aromatic N) is 1. The van der Waals surface area contributed by atoms with Gasteiger partial charge in [0.2, 0.25) is 0 Å².